The first-order chi connectivity index (χ1) is 9.70. The molecule has 108 valence electrons. The van der Waals surface area contributed by atoms with E-state index in [1.807, 2.05) is 30.5 Å². The summed E-state index contributed by atoms with van der Waals surface area (Å²) in [5.41, 5.74) is 3.01. The lowest BCUT2D eigenvalue weighted by Crippen LogP contribution is -2.22. The van der Waals surface area contributed by atoms with Gasteiger partial charge < -0.3 is 5.32 Å². The zero-order chi connectivity index (χ0) is 14.4. The molecule has 0 spiro atoms. The topological polar surface area (TPSA) is 37.8 Å². The molecule has 1 aromatic carbocycles. The molecule has 0 aliphatic rings. The molecule has 0 saturated heterocycles. The van der Waals surface area contributed by atoms with Gasteiger partial charge in [0.05, 0.1) is 29.0 Å². The predicted octanol–water partition coefficient (Wildman–Crippen LogP) is 4.11. The molecule has 0 radical (unpaired) electrons. The van der Waals surface area contributed by atoms with Gasteiger partial charge >= 0.3 is 0 Å². The maximum absolute atomic E-state index is 4.77. The van der Waals surface area contributed by atoms with Crippen LogP contribution in [0.3, 0.4) is 0 Å². The van der Waals surface area contributed by atoms with Crippen LogP contribution in [0.2, 0.25) is 0 Å². The van der Waals surface area contributed by atoms with Gasteiger partial charge in [-0.05, 0) is 31.0 Å². The van der Waals surface area contributed by atoms with Gasteiger partial charge in [-0.3, -0.25) is 4.98 Å². The van der Waals surface area contributed by atoms with Crippen LogP contribution in [0.15, 0.2) is 30.5 Å². The highest BCUT2D eigenvalue weighted by atomic mass is 14.9. The maximum atomic E-state index is 4.77. The number of nitrogens with one attached hydrogen (secondary N) is 1. The Labute approximate surface area is 121 Å². The molecule has 1 atom stereocenters. The van der Waals surface area contributed by atoms with Crippen molar-refractivity contribution >= 4 is 11.0 Å². The Morgan fingerprint density at radius 1 is 1.10 bits per heavy atom. The van der Waals surface area contributed by atoms with Crippen molar-refractivity contribution in [3.8, 4) is 0 Å². The molecule has 0 bridgehead atoms. The van der Waals surface area contributed by atoms with E-state index in [0.717, 1.165) is 35.6 Å². The van der Waals surface area contributed by atoms with E-state index in [2.05, 4.69) is 31.1 Å². The molecule has 1 aromatic heterocycles. The van der Waals surface area contributed by atoms with E-state index >= 15 is 0 Å². The van der Waals surface area contributed by atoms with Gasteiger partial charge in [0.2, 0.25) is 0 Å². The van der Waals surface area contributed by atoms with Crippen LogP contribution < -0.4 is 5.32 Å². The molecule has 3 nitrogen and oxygen atoms in total. The summed E-state index contributed by atoms with van der Waals surface area (Å²) in [5.74, 6) is 0.764. The number of hydrogen-bond acceptors (Lipinski definition) is 3. The molecular formula is C17H25N3. The summed E-state index contributed by atoms with van der Waals surface area (Å²) >= 11 is 0. The van der Waals surface area contributed by atoms with Crippen LogP contribution in [0.4, 0.5) is 0 Å². The molecule has 2 rings (SSSR count). The molecule has 1 heterocycles. The molecule has 1 unspecified atom stereocenters. The summed E-state index contributed by atoms with van der Waals surface area (Å²) in [4.78, 5) is 9.29. The Morgan fingerprint density at radius 3 is 2.55 bits per heavy atom. The Bertz CT molecular complexity index is 537. The van der Waals surface area contributed by atoms with E-state index in [9.17, 15) is 0 Å². The number of nitrogens with zero attached hydrogens (tertiary/aromatic N) is 2. The fraction of sp³-hybridized carbons (Fsp3) is 0.529. The van der Waals surface area contributed by atoms with Gasteiger partial charge in [-0.15, -0.1) is 0 Å². The van der Waals surface area contributed by atoms with Crippen molar-refractivity contribution in [2.45, 2.75) is 46.1 Å². The SMILES string of the molecule is CCNC(CCCC(C)C)c1cnc2ccccc2n1. The van der Waals surface area contributed by atoms with Gasteiger partial charge in [0.1, 0.15) is 0 Å². The Kier molecular flexibility index (Phi) is 5.48. The van der Waals surface area contributed by atoms with Crippen LogP contribution >= 0.6 is 0 Å². The highest BCUT2D eigenvalue weighted by molar-refractivity contribution is 5.73. The lowest BCUT2D eigenvalue weighted by Gasteiger charge is -2.18. The van der Waals surface area contributed by atoms with E-state index in [1.54, 1.807) is 0 Å². The second kappa shape index (κ2) is 7.34. The van der Waals surface area contributed by atoms with E-state index < -0.39 is 0 Å². The minimum atomic E-state index is 0.316. The molecule has 3 heteroatoms. The molecule has 0 amide bonds. The minimum absolute atomic E-state index is 0.316. The van der Waals surface area contributed by atoms with Crippen molar-refractivity contribution in [3.05, 3.63) is 36.2 Å². The van der Waals surface area contributed by atoms with Crippen molar-refractivity contribution < 1.29 is 0 Å². The van der Waals surface area contributed by atoms with Gasteiger partial charge in [0.15, 0.2) is 0 Å². The summed E-state index contributed by atoms with van der Waals surface area (Å²) in [6.07, 6.45) is 5.54. The van der Waals surface area contributed by atoms with Crippen molar-refractivity contribution in [2.75, 3.05) is 6.54 Å². The smallest absolute Gasteiger partial charge is 0.0890 e. The third-order valence-corrected chi connectivity index (χ3v) is 3.55. The molecule has 0 fully saturated rings. The zero-order valence-electron chi connectivity index (χ0n) is 12.8. The molecule has 1 N–H and O–H groups in total. The number of aromatic nitrogens is 2. The lowest BCUT2D eigenvalue weighted by atomic mass is 10.0. The summed E-state index contributed by atoms with van der Waals surface area (Å²) in [7, 11) is 0. The van der Waals surface area contributed by atoms with Crippen LogP contribution in [-0.4, -0.2) is 16.5 Å². The third kappa shape index (κ3) is 4.01. The third-order valence-electron chi connectivity index (χ3n) is 3.55. The molecule has 0 aliphatic heterocycles. The van der Waals surface area contributed by atoms with Gasteiger partial charge in [-0.2, -0.15) is 0 Å². The molecular weight excluding hydrogens is 246 g/mol. The van der Waals surface area contributed by atoms with Gasteiger partial charge in [0.25, 0.3) is 0 Å². The summed E-state index contributed by atoms with van der Waals surface area (Å²) in [6.45, 7) is 7.65. The van der Waals surface area contributed by atoms with Gasteiger partial charge in [-0.25, -0.2) is 4.98 Å². The summed E-state index contributed by atoms with van der Waals surface area (Å²) in [5, 5.41) is 3.53. The van der Waals surface area contributed by atoms with Crippen molar-refractivity contribution in [1.82, 2.24) is 15.3 Å². The number of para-hydroxylation sites is 2. The fourth-order valence-electron chi connectivity index (χ4n) is 2.47. The van der Waals surface area contributed by atoms with E-state index in [4.69, 9.17) is 4.98 Å². The number of benzene rings is 1. The van der Waals surface area contributed by atoms with Crippen LogP contribution in [0, 0.1) is 5.92 Å². The Morgan fingerprint density at radius 2 is 1.85 bits per heavy atom. The quantitative estimate of drug-likeness (QED) is 0.823. The number of hydrogen-bond donors (Lipinski definition) is 1. The standard InChI is InChI=1S/C17H25N3/c1-4-18-15(11-7-8-13(2)3)17-12-19-14-9-5-6-10-16(14)20-17/h5-6,9-10,12-13,15,18H,4,7-8,11H2,1-3H3. The zero-order valence-corrected chi connectivity index (χ0v) is 12.8. The normalized spacial score (nSPS) is 13.0. The van der Waals surface area contributed by atoms with Gasteiger partial charge in [-0.1, -0.05) is 45.7 Å². The average Bonchev–Trinajstić information content (AvgIpc) is 2.45. The van der Waals surface area contributed by atoms with E-state index in [1.165, 1.54) is 12.8 Å². The first kappa shape index (κ1) is 14.9. The van der Waals surface area contributed by atoms with Crippen molar-refractivity contribution in [2.24, 2.45) is 5.92 Å². The first-order valence-electron chi connectivity index (χ1n) is 7.65. The molecule has 20 heavy (non-hydrogen) atoms. The maximum Gasteiger partial charge on any atom is 0.0890 e. The monoisotopic (exact) mass is 271 g/mol. The van der Waals surface area contributed by atoms with Crippen molar-refractivity contribution in [1.29, 1.82) is 0 Å². The van der Waals surface area contributed by atoms with Crippen LogP contribution in [0.1, 0.15) is 51.8 Å². The van der Waals surface area contributed by atoms with Crippen LogP contribution in [0.25, 0.3) is 11.0 Å². The van der Waals surface area contributed by atoms with Crippen LogP contribution in [-0.2, 0) is 0 Å². The highest BCUT2D eigenvalue weighted by Gasteiger charge is 2.13. The first-order valence-corrected chi connectivity index (χ1v) is 7.65. The van der Waals surface area contributed by atoms with E-state index in [-0.39, 0.29) is 0 Å². The summed E-state index contributed by atoms with van der Waals surface area (Å²) in [6, 6.07) is 8.37. The minimum Gasteiger partial charge on any atom is -0.309 e. The second-order valence-electron chi connectivity index (χ2n) is 5.72. The predicted molar refractivity (Wildman–Crippen MR) is 84.6 cm³/mol. The molecule has 2 aromatic rings. The molecule has 0 saturated carbocycles. The van der Waals surface area contributed by atoms with Crippen LogP contribution in [0.5, 0.6) is 0 Å². The second-order valence-corrected chi connectivity index (χ2v) is 5.72. The number of rotatable bonds is 7. The lowest BCUT2D eigenvalue weighted by molar-refractivity contribution is 0.448. The Balaban J connectivity index is 2.13. The summed E-state index contributed by atoms with van der Waals surface area (Å²) < 4.78 is 0. The van der Waals surface area contributed by atoms with E-state index in [0.29, 0.717) is 6.04 Å². The Hall–Kier alpha value is -1.48. The molecule has 0 aliphatic carbocycles. The highest BCUT2D eigenvalue weighted by Crippen LogP contribution is 2.20. The van der Waals surface area contributed by atoms with Crippen molar-refractivity contribution in [3.63, 3.8) is 0 Å². The van der Waals surface area contributed by atoms with Gasteiger partial charge in [0, 0.05) is 0 Å². The average molecular weight is 271 g/mol. The fourth-order valence-corrected chi connectivity index (χ4v) is 2.47. The number of fused-ring (bicyclic) bond motifs is 1. The largest absolute Gasteiger partial charge is 0.309 e.